The molecule has 0 aliphatic heterocycles. The molecule has 3 aromatic rings. The average Bonchev–Trinajstić information content (AvgIpc) is 3.09. The van der Waals surface area contributed by atoms with E-state index in [-0.39, 0.29) is 29.6 Å². The highest BCUT2D eigenvalue weighted by molar-refractivity contribution is 6.00. The van der Waals surface area contributed by atoms with Gasteiger partial charge in [-0.1, -0.05) is 26.0 Å². The molecule has 2 aromatic heterocycles. The molecular formula is C20H24N4O4. The second-order valence-corrected chi connectivity index (χ2v) is 7.08. The number of fused-ring (bicyclic) bond motifs is 3. The molecule has 0 spiro atoms. The zero-order chi connectivity index (χ0) is 20.3. The first-order valence-corrected chi connectivity index (χ1v) is 9.36. The van der Waals surface area contributed by atoms with Crippen molar-refractivity contribution in [3.63, 3.8) is 0 Å². The van der Waals surface area contributed by atoms with Gasteiger partial charge >= 0.3 is 5.97 Å². The number of H-pyrrole nitrogens is 1. The van der Waals surface area contributed by atoms with Crippen LogP contribution in [0, 0.1) is 11.8 Å². The predicted octanol–water partition coefficient (Wildman–Crippen LogP) is 2.13. The minimum absolute atomic E-state index is 0.158. The lowest BCUT2D eigenvalue weighted by atomic mass is 9.97. The SMILES string of the molecule is CCOC(=O)C(CNC(=O)c1cnn2c1[nH]c(=O)c1ccccc12)CC(C)C. The molecular weight excluding hydrogens is 360 g/mol. The van der Waals surface area contributed by atoms with Gasteiger partial charge in [0.05, 0.1) is 29.6 Å². The van der Waals surface area contributed by atoms with Gasteiger partial charge in [0.2, 0.25) is 0 Å². The van der Waals surface area contributed by atoms with Crippen molar-refractivity contribution in [2.24, 2.45) is 11.8 Å². The predicted molar refractivity (Wildman–Crippen MR) is 105 cm³/mol. The number of esters is 1. The molecule has 3 rings (SSSR count). The number of nitrogens with zero attached hydrogens (tertiary/aromatic N) is 2. The number of benzene rings is 1. The summed E-state index contributed by atoms with van der Waals surface area (Å²) in [6.07, 6.45) is 2.02. The second kappa shape index (κ2) is 8.24. The van der Waals surface area contributed by atoms with Crippen molar-refractivity contribution in [2.45, 2.75) is 27.2 Å². The summed E-state index contributed by atoms with van der Waals surface area (Å²) in [5.41, 5.74) is 0.888. The Morgan fingerprint density at radius 1 is 1.29 bits per heavy atom. The summed E-state index contributed by atoms with van der Waals surface area (Å²) in [4.78, 5) is 39.9. The molecule has 0 aliphatic rings. The molecule has 1 amide bonds. The third kappa shape index (κ3) is 3.90. The van der Waals surface area contributed by atoms with E-state index in [1.54, 1.807) is 31.2 Å². The fourth-order valence-electron chi connectivity index (χ4n) is 3.25. The molecule has 0 aliphatic carbocycles. The fraction of sp³-hybridized carbons (Fsp3) is 0.400. The van der Waals surface area contributed by atoms with E-state index in [0.717, 1.165) is 0 Å². The van der Waals surface area contributed by atoms with Gasteiger partial charge in [-0.05, 0) is 31.4 Å². The van der Waals surface area contributed by atoms with E-state index < -0.39 is 11.8 Å². The minimum atomic E-state index is -0.425. The Labute approximate surface area is 161 Å². The van der Waals surface area contributed by atoms with Crippen molar-refractivity contribution >= 4 is 28.4 Å². The summed E-state index contributed by atoms with van der Waals surface area (Å²) in [6, 6.07) is 7.04. The van der Waals surface area contributed by atoms with Crippen molar-refractivity contribution in [1.82, 2.24) is 19.9 Å². The maximum Gasteiger partial charge on any atom is 0.310 e. The molecule has 0 fully saturated rings. The van der Waals surface area contributed by atoms with Gasteiger partial charge in [0, 0.05) is 6.54 Å². The van der Waals surface area contributed by atoms with Gasteiger partial charge in [-0.25, -0.2) is 4.52 Å². The number of amides is 1. The molecule has 0 bridgehead atoms. The van der Waals surface area contributed by atoms with Crippen LogP contribution in [0.3, 0.4) is 0 Å². The van der Waals surface area contributed by atoms with Crippen LogP contribution in [0.15, 0.2) is 35.3 Å². The maximum atomic E-state index is 12.7. The number of hydrogen-bond acceptors (Lipinski definition) is 5. The van der Waals surface area contributed by atoms with Crippen LogP contribution in [-0.4, -0.2) is 39.6 Å². The molecule has 148 valence electrons. The van der Waals surface area contributed by atoms with Gasteiger partial charge in [-0.2, -0.15) is 5.10 Å². The van der Waals surface area contributed by atoms with E-state index in [1.165, 1.54) is 10.7 Å². The van der Waals surface area contributed by atoms with Gasteiger partial charge < -0.3 is 15.0 Å². The van der Waals surface area contributed by atoms with Crippen molar-refractivity contribution in [1.29, 1.82) is 0 Å². The van der Waals surface area contributed by atoms with E-state index in [1.807, 2.05) is 13.8 Å². The number of carbonyl (C=O) groups excluding carboxylic acids is 2. The monoisotopic (exact) mass is 384 g/mol. The molecule has 1 aromatic carbocycles. The third-order valence-electron chi connectivity index (χ3n) is 4.51. The normalized spacial score (nSPS) is 12.4. The highest BCUT2D eigenvalue weighted by Gasteiger charge is 2.23. The van der Waals surface area contributed by atoms with Crippen LogP contribution in [0.2, 0.25) is 0 Å². The van der Waals surface area contributed by atoms with Gasteiger partial charge in [-0.3, -0.25) is 14.4 Å². The third-order valence-corrected chi connectivity index (χ3v) is 4.51. The molecule has 28 heavy (non-hydrogen) atoms. The van der Waals surface area contributed by atoms with Crippen molar-refractivity contribution in [3.8, 4) is 0 Å². The molecule has 8 nitrogen and oxygen atoms in total. The van der Waals surface area contributed by atoms with Crippen LogP contribution in [0.5, 0.6) is 0 Å². The second-order valence-electron chi connectivity index (χ2n) is 7.08. The Morgan fingerprint density at radius 2 is 2.04 bits per heavy atom. The van der Waals surface area contributed by atoms with E-state index in [0.29, 0.717) is 29.6 Å². The number of aromatic nitrogens is 3. The van der Waals surface area contributed by atoms with E-state index in [9.17, 15) is 14.4 Å². The van der Waals surface area contributed by atoms with Gasteiger partial charge in [0.25, 0.3) is 11.5 Å². The van der Waals surface area contributed by atoms with E-state index in [4.69, 9.17) is 4.74 Å². The van der Waals surface area contributed by atoms with E-state index >= 15 is 0 Å². The summed E-state index contributed by atoms with van der Waals surface area (Å²) in [6.45, 7) is 6.22. The Bertz CT molecular complexity index is 1070. The largest absolute Gasteiger partial charge is 0.466 e. The zero-order valence-corrected chi connectivity index (χ0v) is 16.2. The van der Waals surface area contributed by atoms with E-state index in [2.05, 4.69) is 15.4 Å². The molecule has 2 heterocycles. The highest BCUT2D eigenvalue weighted by atomic mass is 16.5. The Hall–Kier alpha value is -3.16. The first-order valence-electron chi connectivity index (χ1n) is 9.36. The number of ether oxygens (including phenoxy) is 1. The lowest BCUT2D eigenvalue weighted by Crippen LogP contribution is -2.34. The topological polar surface area (TPSA) is 106 Å². The van der Waals surface area contributed by atoms with Crippen LogP contribution in [0.25, 0.3) is 16.6 Å². The Kier molecular flexibility index (Phi) is 5.77. The Balaban J connectivity index is 1.85. The van der Waals surface area contributed by atoms with Crippen molar-refractivity contribution < 1.29 is 14.3 Å². The van der Waals surface area contributed by atoms with Crippen LogP contribution in [0.4, 0.5) is 0 Å². The molecule has 8 heteroatoms. The number of hydrogen-bond donors (Lipinski definition) is 2. The average molecular weight is 384 g/mol. The first-order chi connectivity index (χ1) is 13.4. The summed E-state index contributed by atoms with van der Waals surface area (Å²) >= 11 is 0. The number of para-hydroxylation sites is 1. The summed E-state index contributed by atoms with van der Waals surface area (Å²) < 4.78 is 6.64. The minimum Gasteiger partial charge on any atom is -0.466 e. The number of rotatable bonds is 7. The van der Waals surface area contributed by atoms with Crippen LogP contribution >= 0.6 is 0 Å². The lowest BCUT2D eigenvalue weighted by Gasteiger charge is -2.18. The summed E-state index contributed by atoms with van der Waals surface area (Å²) in [5.74, 6) is -0.869. The number of nitrogens with one attached hydrogen (secondary N) is 2. The smallest absolute Gasteiger partial charge is 0.310 e. The van der Waals surface area contributed by atoms with Gasteiger partial charge in [-0.15, -0.1) is 0 Å². The quantitative estimate of drug-likeness (QED) is 0.607. The van der Waals surface area contributed by atoms with Crippen molar-refractivity contribution in [3.05, 3.63) is 46.4 Å². The highest BCUT2D eigenvalue weighted by Crippen LogP contribution is 2.16. The molecule has 1 unspecified atom stereocenters. The maximum absolute atomic E-state index is 12.7. The van der Waals surface area contributed by atoms with Crippen LogP contribution < -0.4 is 10.9 Å². The molecule has 0 radical (unpaired) electrons. The molecule has 0 saturated carbocycles. The van der Waals surface area contributed by atoms with Crippen LogP contribution in [-0.2, 0) is 9.53 Å². The molecule has 1 atom stereocenters. The molecule has 2 N–H and O–H groups in total. The Morgan fingerprint density at radius 3 is 2.75 bits per heavy atom. The standard InChI is InChI=1S/C20H24N4O4/c1-4-28-20(27)13(9-12(2)3)10-21-18(25)15-11-22-24-16-8-6-5-7-14(16)19(26)23-17(15)24/h5-8,11-13H,4,9-10H2,1-3H3,(H,21,25)(H,23,26). The van der Waals surface area contributed by atoms with Crippen molar-refractivity contribution in [2.75, 3.05) is 13.2 Å². The fourth-order valence-corrected chi connectivity index (χ4v) is 3.25. The van der Waals surface area contributed by atoms with Gasteiger partial charge in [0.1, 0.15) is 11.2 Å². The number of carbonyl (C=O) groups is 2. The van der Waals surface area contributed by atoms with Crippen LogP contribution in [0.1, 0.15) is 37.6 Å². The summed E-state index contributed by atoms with van der Waals surface area (Å²) in [5, 5.41) is 7.51. The summed E-state index contributed by atoms with van der Waals surface area (Å²) in [7, 11) is 0. The van der Waals surface area contributed by atoms with Gasteiger partial charge in [0.15, 0.2) is 0 Å². The number of aromatic amines is 1. The molecule has 0 saturated heterocycles. The lowest BCUT2D eigenvalue weighted by molar-refractivity contribution is -0.148. The first kappa shape index (κ1) is 19.6. The zero-order valence-electron chi connectivity index (χ0n) is 16.2.